The summed E-state index contributed by atoms with van der Waals surface area (Å²) in [7, 11) is 0. The van der Waals surface area contributed by atoms with Crippen LogP contribution in [0.3, 0.4) is 0 Å². The quantitative estimate of drug-likeness (QED) is 0.420. The van der Waals surface area contributed by atoms with Crippen molar-refractivity contribution >= 4 is 22.9 Å². The maximum atomic E-state index is 6.40. The molecule has 0 aliphatic heterocycles. The van der Waals surface area contributed by atoms with Crippen molar-refractivity contribution in [2.24, 2.45) is 0 Å². The van der Waals surface area contributed by atoms with Gasteiger partial charge < -0.3 is 5.32 Å². The molecule has 0 spiro atoms. The van der Waals surface area contributed by atoms with Crippen LogP contribution in [-0.4, -0.2) is 6.54 Å². The minimum absolute atomic E-state index is 0.426. The molecule has 0 saturated carbocycles. The zero-order chi connectivity index (χ0) is 14.1. The summed E-state index contributed by atoms with van der Waals surface area (Å²) in [5.41, 5.74) is 1.21. The van der Waals surface area contributed by atoms with Crippen molar-refractivity contribution in [3.63, 3.8) is 0 Å². The molecule has 1 unspecified atom stereocenters. The van der Waals surface area contributed by atoms with E-state index in [9.17, 15) is 0 Å². The van der Waals surface area contributed by atoms with E-state index in [1.807, 2.05) is 6.08 Å². The van der Waals surface area contributed by atoms with Crippen LogP contribution in [0.5, 0.6) is 0 Å². The maximum Gasteiger partial charge on any atom is 0.0590 e. The van der Waals surface area contributed by atoms with Crippen LogP contribution in [0.2, 0.25) is 5.02 Å². The standard InChI is InChI=1S/C16H26ClNS/c1-4-6-7-8-9-10-14(18-11-5-2)16-15(17)13(3)12-19-16/h4,12,14,18H,1,5-11H2,2-3H3. The van der Waals surface area contributed by atoms with Crippen molar-refractivity contribution in [2.45, 2.75) is 58.4 Å². The van der Waals surface area contributed by atoms with Crippen molar-refractivity contribution < 1.29 is 0 Å². The number of halogens is 1. The topological polar surface area (TPSA) is 12.0 Å². The van der Waals surface area contributed by atoms with Gasteiger partial charge in [-0.25, -0.2) is 0 Å². The van der Waals surface area contributed by atoms with Gasteiger partial charge in [0.15, 0.2) is 0 Å². The van der Waals surface area contributed by atoms with Crippen LogP contribution >= 0.6 is 22.9 Å². The molecule has 0 fully saturated rings. The summed E-state index contributed by atoms with van der Waals surface area (Å²) in [6, 6.07) is 0.426. The van der Waals surface area contributed by atoms with Crippen LogP contribution < -0.4 is 5.32 Å². The van der Waals surface area contributed by atoms with Crippen LogP contribution in [0.25, 0.3) is 0 Å². The molecule has 0 radical (unpaired) electrons. The third-order valence-electron chi connectivity index (χ3n) is 3.28. The van der Waals surface area contributed by atoms with Crippen LogP contribution in [0.1, 0.15) is 61.9 Å². The Balaban J connectivity index is 2.51. The van der Waals surface area contributed by atoms with Gasteiger partial charge in [0.05, 0.1) is 5.02 Å². The Kier molecular flexibility index (Phi) is 8.43. The van der Waals surface area contributed by atoms with Crippen LogP contribution in [0.4, 0.5) is 0 Å². The smallest absolute Gasteiger partial charge is 0.0590 e. The highest BCUT2D eigenvalue weighted by Crippen LogP contribution is 2.34. The molecule has 0 aromatic carbocycles. The van der Waals surface area contributed by atoms with Crippen molar-refractivity contribution in [1.82, 2.24) is 5.32 Å². The van der Waals surface area contributed by atoms with Gasteiger partial charge in [0.2, 0.25) is 0 Å². The Hall–Kier alpha value is -0.310. The van der Waals surface area contributed by atoms with Crippen molar-refractivity contribution in [2.75, 3.05) is 6.54 Å². The lowest BCUT2D eigenvalue weighted by Crippen LogP contribution is -2.21. The van der Waals surface area contributed by atoms with Gasteiger partial charge >= 0.3 is 0 Å². The van der Waals surface area contributed by atoms with Gasteiger partial charge in [-0.2, -0.15) is 0 Å². The molecule has 1 N–H and O–H groups in total. The fourth-order valence-corrected chi connectivity index (χ4v) is 3.58. The molecule has 1 aromatic rings. The molecule has 1 aromatic heterocycles. The molecular formula is C16H26ClNS. The van der Waals surface area contributed by atoms with Crippen LogP contribution in [-0.2, 0) is 0 Å². The normalized spacial score (nSPS) is 12.6. The van der Waals surface area contributed by atoms with E-state index in [-0.39, 0.29) is 0 Å². The zero-order valence-electron chi connectivity index (χ0n) is 12.2. The molecule has 1 rings (SSSR count). The summed E-state index contributed by atoms with van der Waals surface area (Å²) in [4.78, 5) is 1.32. The second kappa shape index (κ2) is 9.57. The fraction of sp³-hybridized carbons (Fsp3) is 0.625. The van der Waals surface area contributed by atoms with E-state index in [2.05, 4.69) is 31.1 Å². The minimum atomic E-state index is 0.426. The molecule has 19 heavy (non-hydrogen) atoms. The summed E-state index contributed by atoms with van der Waals surface area (Å²) in [5, 5.41) is 6.76. The van der Waals surface area contributed by atoms with Crippen molar-refractivity contribution in [3.8, 4) is 0 Å². The first-order chi connectivity index (χ1) is 9.20. The Morgan fingerprint density at radius 2 is 2.21 bits per heavy atom. The average molecular weight is 300 g/mol. The minimum Gasteiger partial charge on any atom is -0.309 e. The monoisotopic (exact) mass is 299 g/mol. The highest BCUT2D eigenvalue weighted by molar-refractivity contribution is 7.10. The number of hydrogen-bond acceptors (Lipinski definition) is 2. The molecule has 0 saturated heterocycles. The van der Waals surface area contributed by atoms with E-state index in [1.165, 1.54) is 36.1 Å². The SMILES string of the molecule is C=CCCCCCC(NCCC)c1scc(C)c1Cl. The van der Waals surface area contributed by atoms with E-state index in [1.54, 1.807) is 11.3 Å². The molecule has 0 aliphatic carbocycles. The van der Waals surface area contributed by atoms with Crippen LogP contribution in [0.15, 0.2) is 18.0 Å². The molecule has 3 heteroatoms. The van der Waals surface area contributed by atoms with Gasteiger partial charge in [0.25, 0.3) is 0 Å². The Labute approximate surface area is 127 Å². The lowest BCUT2D eigenvalue weighted by molar-refractivity contribution is 0.478. The van der Waals surface area contributed by atoms with E-state index in [0.717, 1.165) is 24.4 Å². The number of nitrogens with one attached hydrogen (secondary N) is 1. The molecular weight excluding hydrogens is 274 g/mol. The first-order valence-electron chi connectivity index (χ1n) is 7.28. The molecule has 1 heterocycles. The largest absolute Gasteiger partial charge is 0.309 e. The van der Waals surface area contributed by atoms with E-state index in [4.69, 9.17) is 11.6 Å². The first kappa shape index (κ1) is 16.7. The average Bonchev–Trinajstić information content (AvgIpc) is 2.74. The third-order valence-corrected chi connectivity index (χ3v) is 5.11. The molecule has 1 atom stereocenters. The zero-order valence-corrected chi connectivity index (χ0v) is 13.7. The van der Waals surface area contributed by atoms with Gasteiger partial charge in [-0.1, -0.05) is 37.4 Å². The maximum absolute atomic E-state index is 6.40. The van der Waals surface area contributed by atoms with E-state index >= 15 is 0 Å². The lowest BCUT2D eigenvalue weighted by Gasteiger charge is -2.18. The lowest BCUT2D eigenvalue weighted by atomic mass is 10.0. The number of unbranched alkanes of at least 4 members (excludes halogenated alkanes) is 3. The van der Waals surface area contributed by atoms with Gasteiger partial charge in [0.1, 0.15) is 0 Å². The first-order valence-corrected chi connectivity index (χ1v) is 8.54. The number of rotatable bonds is 10. The molecule has 0 aliphatic rings. The summed E-state index contributed by atoms with van der Waals surface area (Å²) < 4.78 is 0. The summed E-state index contributed by atoms with van der Waals surface area (Å²) in [6.45, 7) is 9.12. The van der Waals surface area contributed by atoms with Gasteiger partial charge in [0, 0.05) is 10.9 Å². The number of allylic oxidation sites excluding steroid dienone is 1. The molecule has 108 valence electrons. The van der Waals surface area contributed by atoms with E-state index < -0.39 is 0 Å². The highest BCUT2D eigenvalue weighted by Gasteiger charge is 2.16. The Bertz CT molecular complexity index is 373. The molecule has 0 bridgehead atoms. The number of thiophene rings is 1. The highest BCUT2D eigenvalue weighted by atomic mass is 35.5. The van der Waals surface area contributed by atoms with E-state index in [0.29, 0.717) is 6.04 Å². The van der Waals surface area contributed by atoms with Crippen molar-refractivity contribution in [1.29, 1.82) is 0 Å². The summed E-state index contributed by atoms with van der Waals surface area (Å²) >= 11 is 8.19. The molecule has 0 amide bonds. The second-order valence-corrected chi connectivity index (χ2v) is 6.32. The number of aryl methyl sites for hydroxylation is 1. The fourth-order valence-electron chi connectivity index (χ4n) is 2.14. The Morgan fingerprint density at radius 3 is 2.79 bits per heavy atom. The third kappa shape index (κ3) is 5.68. The van der Waals surface area contributed by atoms with Crippen molar-refractivity contribution in [3.05, 3.63) is 33.5 Å². The van der Waals surface area contributed by atoms with Gasteiger partial charge in [-0.05, 0) is 50.1 Å². The Morgan fingerprint density at radius 1 is 1.42 bits per heavy atom. The van der Waals surface area contributed by atoms with Gasteiger partial charge in [-0.15, -0.1) is 17.9 Å². The number of hydrogen-bond donors (Lipinski definition) is 1. The second-order valence-electron chi connectivity index (χ2n) is 5.03. The predicted molar refractivity (Wildman–Crippen MR) is 88.4 cm³/mol. The van der Waals surface area contributed by atoms with Gasteiger partial charge in [-0.3, -0.25) is 0 Å². The van der Waals surface area contributed by atoms with Crippen LogP contribution in [0, 0.1) is 6.92 Å². The predicted octanol–water partition coefficient (Wildman–Crippen LogP) is 5.89. The summed E-state index contributed by atoms with van der Waals surface area (Å²) in [6.07, 6.45) is 9.26. The molecule has 1 nitrogen and oxygen atoms in total. The summed E-state index contributed by atoms with van der Waals surface area (Å²) in [5.74, 6) is 0.